The summed E-state index contributed by atoms with van der Waals surface area (Å²) in [6.45, 7) is 11.7. The molecule has 0 N–H and O–H groups in total. The van der Waals surface area contributed by atoms with Gasteiger partial charge in [-0.1, -0.05) is 62.1 Å². The molecule has 0 fully saturated rings. The standard InChI is InChI=1S/C15H10Cl.C9H13.2CH3.2ClH.Si.Zr/c16-13-6-3-5-12(10-13)15-9-8-11-4-1-2-7-14(11)15;1-6-5-7(2)9(4)8(6)3;;;;;;/h1-10H;6H,1-4H3;2*1H3;2*1H;;/q4*-1;;;;. The van der Waals surface area contributed by atoms with Crippen molar-refractivity contribution in [2.24, 2.45) is 5.92 Å². The minimum absolute atomic E-state index is 0. The molecule has 0 spiro atoms. The number of fused-ring (bicyclic) bond motifs is 1. The average molecular weight is 569 g/mol. The molecule has 2 radical (unpaired) electrons. The fourth-order valence-corrected chi connectivity index (χ4v) is 3.41. The predicted molar refractivity (Wildman–Crippen MR) is 143 cm³/mol. The maximum absolute atomic E-state index is 6.01. The van der Waals surface area contributed by atoms with Gasteiger partial charge in [0.15, 0.2) is 0 Å². The first-order chi connectivity index (χ1) is 13.0. The quantitative estimate of drug-likeness (QED) is 0.203. The van der Waals surface area contributed by atoms with Crippen LogP contribution in [0, 0.1) is 26.8 Å². The van der Waals surface area contributed by atoms with E-state index in [9.17, 15) is 0 Å². The Morgan fingerprint density at radius 2 is 1.58 bits per heavy atom. The zero-order valence-corrected chi connectivity index (χ0v) is 24.9. The van der Waals surface area contributed by atoms with Gasteiger partial charge in [-0.3, -0.25) is 6.08 Å². The van der Waals surface area contributed by atoms with Crippen LogP contribution in [0.4, 0.5) is 0 Å². The second-order valence-corrected chi connectivity index (χ2v) is 7.08. The van der Waals surface area contributed by atoms with Gasteiger partial charge in [0, 0.05) is 5.02 Å². The number of rotatable bonds is 1. The molecular weight excluding hydrogens is 538 g/mol. The molecular formula is C26H31Cl3SiZr-4. The van der Waals surface area contributed by atoms with Gasteiger partial charge < -0.3 is 14.9 Å². The van der Waals surface area contributed by atoms with Crippen LogP contribution in [0.3, 0.4) is 0 Å². The molecule has 1 atom stereocenters. The van der Waals surface area contributed by atoms with Crippen LogP contribution in [0.1, 0.15) is 27.7 Å². The fraction of sp³-hybridized carbons (Fsp3) is 0.192. The first kappa shape index (κ1) is 35.1. The summed E-state index contributed by atoms with van der Waals surface area (Å²) in [5.41, 5.74) is 6.67. The molecule has 0 nitrogen and oxygen atoms in total. The molecule has 0 saturated heterocycles. The van der Waals surface area contributed by atoms with Crippen LogP contribution in [0.5, 0.6) is 0 Å². The number of benzene rings is 2. The van der Waals surface area contributed by atoms with Crippen molar-refractivity contribution in [3.05, 3.63) is 103 Å². The Kier molecular flexibility index (Phi) is 19.3. The molecule has 168 valence electrons. The normalized spacial score (nSPS) is 13.5. The Labute approximate surface area is 223 Å². The molecule has 1 unspecified atom stereocenters. The summed E-state index contributed by atoms with van der Waals surface area (Å²) >= 11 is 7.37. The van der Waals surface area contributed by atoms with Gasteiger partial charge >= 0.3 is 30.2 Å². The third-order valence-electron chi connectivity index (χ3n) is 5.05. The topological polar surface area (TPSA) is 0 Å². The summed E-state index contributed by atoms with van der Waals surface area (Å²) in [6, 6.07) is 20.7. The van der Waals surface area contributed by atoms with E-state index in [0.29, 0.717) is 5.92 Å². The maximum atomic E-state index is 6.01. The van der Waals surface area contributed by atoms with Gasteiger partial charge in [-0.05, 0) is 12.1 Å². The Bertz CT molecular complexity index is 989. The van der Waals surface area contributed by atoms with Crippen molar-refractivity contribution in [1.82, 2.24) is 0 Å². The van der Waals surface area contributed by atoms with Crippen LogP contribution in [0.2, 0.25) is 5.02 Å². The molecule has 31 heavy (non-hydrogen) atoms. The van der Waals surface area contributed by atoms with E-state index in [4.69, 9.17) is 11.6 Å². The van der Waals surface area contributed by atoms with Crippen LogP contribution in [-0.2, 0) is 23.3 Å². The van der Waals surface area contributed by atoms with Gasteiger partial charge in [0.25, 0.3) is 0 Å². The molecule has 0 amide bonds. The molecule has 1 aliphatic rings. The molecule has 0 bridgehead atoms. The van der Waals surface area contributed by atoms with Crippen molar-refractivity contribution < 1.29 is 23.3 Å². The Hall–Kier alpha value is -0.500. The van der Waals surface area contributed by atoms with Crippen molar-refractivity contribution in [1.29, 1.82) is 0 Å². The molecule has 3 aromatic rings. The molecule has 0 aliphatic heterocycles. The SMILES string of the molecule is CC1=[C-]C(C)C(C)=C1C.Cl.Cl.Clc1cccc(-c2c[cH-]c3ccccc23)c1.[CH3-].[CH3-].[Si]=[Zr]. The van der Waals surface area contributed by atoms with E-state index in [-0.39, 0.29) is 39.7 Å². The molecule has 3 aromatic carbocycles. The van der Waals surface area contributed by atoms with Gasteiger partial charge in [0.05, 0.1) is 0 Å². The predicted octanol–water partition coefficient (Wildman–Crippen LogP) is 8.96. The van der Waals surface area contributed by atoms with E-state index < -0.39 is 0 Å². The van der Waals surface area contributed by atoms with Gasteiger partial charge in [0.2, 0.25) is 0 Å². The summed E-state index contributed by atoms with van der Waals surface area (Å²) in [4.78, 5) is 0. The third kappa shape index (κ3) is 9.10. The minimum atomic E-state index is 0. The van der Waals surface area contributed by atoms with Gasteiger partial charge in [-0.25, -0.2) is 5.57 Å². The number of allylic oxidation sites excluding steroid dienone is 4. The van der Waals surface area contributed by atoms with E-state index >= 15 is 0 Å². The molecule has 1 aliphatic carbocycles. The fourth-order valence-electron chi connectivity index (χ4n) is 3.22. The van der Waals surface area contributed by atoms with Crippen molar-refractivity contribution >= 4 is 54.1 Å². The first-order valence-electron chi connectivity index (χ1n) is 8.90. The molecule has 0 heterocycles. The van der Waals surface area contributed by atoms with E-state index in [0.717, 1.165) is 5.02 Å². The monoisotopic (exact) mass is 566 g/mol. The first-order valence-corrected chi connectivity index (χ1v) is 13.5. The Morgan fingerprint density at radius 3 is 2.06 bits per heavy atom. The number of hydrogen-bond acceptors (Lipinski definition) is 0. The van der Waals surface area contributed by atoms with E-state index in [2.05, 4.69) is 83.1 Å². The van der Waals surface area contributed by atoms with E-state index in [1.165, 1.54) is 62.0 Å². The molecule has 0 aromatic heterocycles. The summed E-state index contributed by atoms with van der Waals surface area (Å²) in [5, 5.41) is 3.34. The van der Waals surface area contributed by atoms with Crippen LogP contribution < -0.4 is 0 Å². The van der Waals surface area contributed by atoms with Crippen LogP contribution in [0.25, 0.3) is 21.9 Å². The van der Waals surface area contributed by atoms with Gasteiger partial charge in [-0.15, -0.1) is 78.4 Å². The Morgan fingerprint density at radius 1 is 0.968 bits per heavy atom. The average Bonchev–Trinajstić information content (AvgIpc) is 3.21. The second kappa shape index (κ2) is 17.0. The van der Waals surface area contributed by atoms with Crippen molar-refractivity contribution in [2.45, 2.75) is 27.7 Å². The van der Waals surface area contributed by atoms with Gasteiger partial charge in [-0.2, -0.15) is 11.1 Å². The van der Waals surface area contributed by atoms with E-state index in [1.54, 1.807) is 0 Å². The molecule has 5 heteroatoms. The van der Waals surface area contributed by atoms with Crippen LogP contribution in [-0.4, -0.2) is 6.88 Å². The summed E-state index contributed by atoms with van der Waals surface area (Å²) in [5.74, 6) is 0.560. The summed E-state index contributed by atoms with van der Waals surface area (Å²) in [6.07, 6.45) is 3.36. The second-order valence-electron chi connectivity index (χ2n) is 6.64. The zero-order chi connectivity index (χ0) is 20.0. The Balaban J connectivity index is -0.000000460. The third-order valence-corrected chi connectivity index (χ3v) is 5.29. The van der Waals surface area contributed by atoms with Crippen LogP contribution >= 0.6 is 36.4 Å². The number of halogens is 3. The van der Waals surface area contributed by atoms with Crippen molar-refractivity contribution in [2.75, 3.05) is 0 Å². The van der Waals surface area contributed by atoms with Crippen molar-refractivity contribution in [3.8, 4) is 11.1 Å². The zero-order valence-electron chi connectivity index (χ0n) is 19.0. The van der Waals surface area contributed by atoms with Gasteiger partial charge in [0.1, 0.15) is 0 Å². The summed E-state index contributed by atoms with van der Waals surface area (Å²) < 4.78 is 0. The van der Waals surface area contributed by atoms with Crippen molar-refractivity contribution in [3.63, 3.8) is 0 Å². The number of hydrogen-bond donors (Lipinski definition) is 0. The van der Waals surface area contributed by atoms with Crippen LogP contribution in [0.15, 0.2) is 77.4 Å². The van der Waals surface area contributed by atoms with E-state index in [1.807, 2.05) is 18.2 Å². The molecule has 4 rings (SSSR count). The summed E-state index contributed by atoms with van der Waals surface area (Å²) in [7, 11) is 0. The molecule has 0 saturated carbocycles.